The Morgan fingerprint density at radius 2 is 1.73 bits per heavy atom. The molecule has 9 N–H and O–H groups in total. The highest BCUT2D eigenvalue weighted by Crippen LogP contribution is 2.31. The molecule has 3 aromatic heterocycles. The van der Waals surface area contributed by atoms with E-state index in [1.165, 1.54) is 21.7 Å². The fourth-order valence-corrected chi connectivity index (χ4v) is 4.09. The van der Waals surface area contributed by atoms with Gasteiger partial charge in [-0.3, -0.25) is 28.7 Å². The van der Waals surface area contributed by atoms with Crippen LogP contribution in [0.4, 0.5) is 5.95 Å². The van der Waals surface area contributed by atoms with Gasteiger partial charge in [0.25, 0.3) is 11.1 Å². The summed E-state index contributed by atoms with van der Waals surface area (Å²) in [6, 6.07) is 0. The highest BCUT2D eigenvalue weighted by atomic mass is 16.6. The summed E-state index contributed by atoms with van der Waals surface area (Å²) in [5.74, 6) is -0.101. The average Bonchev–Trinajstić information content (AvgIpc) is 3.52. The standard InChI is InChI=1S/C10H13N5O5.C10H14N2O5/c11-10-13-7-4(8(19)14-10)12-2-15(7)9-6(18)5(17)3(1-16)20-9;1-5-3-12(10(16)11-9(5)15)8-2-6(14)7(4-13)17-8/h2-3,5-6,9,16-18H,1H2,(H3,11,13,14,19);3,6-8,13-14H,2,4H2,1H3,(H,11,15,16)/t3-,5-,6-,9-;6-,7+,8+/m10/s1. The van der Waals surface area contributed by atoms with Crippen molar-refractivity contribution in [1.29, 1.82) is 0 Å². The first-order chi connectivity index (χ1) is 17.5. The molecule has 3 aromatic rings. The number of imidazole rings is 1. The number of H-pyrrole nitrogens is 2. The van der Waals surface area contributed by atoms with Crippen LogP contribution in [-0.2, 0) is 9.47 Å². The van der Waals surface area contributed by atoms with E-state index in [0.717, 1.165) is 0 Å². The van der Waals surface area contributed by atoms with Crippen molar-refractivity contribution in [2.24, 2.45) is 0 Å². The molecule has 5 rings (SSSR count). The second-order valence-corrected chi connectivity index (χ2v) is 8.60. The highest BCUT2D eigenvalue weighted by Gasteiger charge is 2.44. The van der Waals surface area contributed by atoms with E-state index in [1.807, 2.05) is 0 Å². The Morgan fingerprint density at radius 3 is 2.35 bits per heavy atom. The number of hydrogen-bond acceptors (Lipinski definition) is 13. The lowest BCUT2D eigenvalue weighted by molar-refractivity contribution is -0.0511. The van der Waals surface area contributed by atoms with E-state index >= 15 is 0 Å². The molecule has 0 radical (unpaired) electrons. The zero-order valence-corrected chi connectivity index (χ0v) is 19.5. The predicted molar refractivity (Wildman–Crippen MR) is 123 cm³/mol. The van der Waals surface area contributed by atoms with Crippen molar-refractivity contribution in [2.45, 2.75) is 56.3 Å². The minimum Gasteiger partial charge on any atom is -0.394 e. The number of anilines is 1. The SMILES string of the molecule is Cc1cn([C@H]2C[C@H](O)[C@@H](CO)O2)c(=O)[nH]c1=O.Nc1nc2c(ncn2[C@@H]2O[C@H](CO)[C@@H](O)[C@H]2O)c(=O)[nH]1. The van der Waals surface area contributed by atoms with Crippen LogP contribution in [0, 0.1) is 6.92 Å². The molecule has 0 spiro atoms. The molecule has 0 unspecified atom stereocenters. The number of hydrogen-bond donors (Lipinski definition) is 8. The third-order valence-electron chi connectivity index (χ3n) is 6.08. The van der Waals surface area contributed by atoms with Crippen molar-refractivity contribution >= 4 is 17.1 Å². The second-order valence-electron chi connectivity index (χ2n) is 8.60. The molecule has 0 amide bonds. The van der Waals surface area contributed by atoms with Crippen LogP contribution >= 0.6 is 0 Å². The lowest BCUT2D eigenvalue weighted by Gasteiger charge is -2.16. The number of aliphatic hydroxyl groups is 5. The lowest BCUT2D eigenvalue weighted by atomic mass is 10.1. The Hall–Kier alpha value is -3.45. The van der Waals surface area contributed by atoms with Crippen molar-refractivity contribution in [2.75, 3.05) is 18.9 Å². The van der Waals surface area contributed by atoms with E-state index in [0.29, 0.717) is 5.56 Å². The van der Waals surface area contributed by atoms with E-state index in [2.05, 4.69) is 19.9 Å². The molecule has 0 saturated carbocycles. The van der Waals surface area contributed by atoms with Gasteiger partial charge in [0.15, 0.2) is 17.4 Å². The van der Waals surface area contributed by atoms with Crippen LogP contribution in [-0.4, -0.2) is 98.3 Å². The highest BCUT2D eigenvalue weighted by molar-refractivity contribution is 5.70. The van der Waals surface area contributed by atoms with E-state index in [9.17, 15) is 29.7 Å². The molecule has 2 saturated heterocycles. The summed E-state index contributed by atoms with van der Waals surface area (Å²) in [5, 5.41) is 47.2. The third-order valence-corrected chi connectivity index (χ3v) is 6.08. The summed E-state index contributed by atoms with van der Waals surface area (Å²) in [5.41, 5.74) is 4.47. The van der Waals surface area contributed by atoms with E-state index < -0.39 is 66.4 Å². The molecule has 7 atom stereocenters. The van der Waals surface area contributed by atoms with Crippen molar-refractivity contribution < 1.29 is 35.0 Å². The van der Waals surface area contributed by atoms with Gasteiger partial charge in [0.2, 0.25) is 5.95 Å². The Balaban J connectivity index is 0.000000176. The molecule has 17 nitrogen and oxygen atoms in total. The summed E-state index contributed by atoms with van der Waals surface area (Å²) >= 11 is 0. The number of fused-ring (bicyclic) bond motifs is 1. The van der Waals surface area contributed by atoms with Crippen molar-refractivity contribution in [1.82, 2.24) is 29.1 Å². The Morgan fingerprint density at radius 1 is 1.03 bits per heavy atom. The molecule has 2 fully saturated rings. The van der Waals surface area contributed by atoms with Crippen LogP contribution in [0.5, 0.6) is 0 Å². The van der Waals surface area contributed by atoms with Crippen LogP contribution in [0.3, 0.4) is 0 Å². The van der Waals surface area contributed by atoms with Crippen LogP contribution in [0.25, 0.3) is 11.2 Å². The van der Waals surface area contributed by atoms with E-state index in [4.69, 9.17) is 25.4 Å². The number of aryl methyl sites for hydroxylation is 1. The number of aromatic nitrogens is 6. The predicted octanol–water partition coefficient (Wildman–Crippen LogP) is -4.20. The average molecular weight is 525 g/mol. The van der Waals surface area contributed by atoms with Gasteiger partial charge < -0.3 is 40.7 Å². The first kappa shape index (κ1) is 26.6. The van der Waals surface area contributed by atoms with Gasteiger partial charge in [-0.15, -0.1) is 0 Å². The molecular formula is C20H27N7O10. The maximum atomic E-state index is 11.7. The summed E-state index contributed by atoms with van der Waals surface area (Å²) in [4.78, 5) is 46.7. The molecule has 0 bridgehead atoms. The molecular weight excluding hydrogens is 498 g/mol. The van der Waals surface area contributed by atoms with Crippen LogP contribution < -0.4 is 22.5 Å². The van der Waals surface area contributed by atoms with Gasteiger partial charge in [0, 0.05) is 18.2 Å². The molecule has 0 aromatic carbocycles. The fourth-order valence-electron chi connectivity index (χ4n) is 4.09. The minimum absolute atomic E-state index is 0.0388. The monoisotopic (exact) mass is 525 g/mol. The Kier molecular flexibility index (Phi) is 7.55. The summed E-state index contributed by atoms with van der Waals surface area (Å²) in [7, 11) is 0. The van der Waals surface area contributed by atoms with Gasteiger partial charge >= 0.3 is 5.69 Å². The van der Waals surface area contributed by atoms with Gasteiger partial charge in [-0.1, -0.05) is 0 Å². The Labute approximate surface area is 206 Å². The number of nitrogens with two attached hydrogens (primary N) is 1. The second kappa shape index (κ2) is 10.5. The summed E-state index contributed by atoms with van der Waals surface area (Å²) in [6.45, 7) is 0.815. The lowest BCUT2D eigenvalue weighted by Crippen LogP contribution is -2.33. The van der Waals surface area contributed by atoms with Gasteiger partial charge in [0.1, 0.15) is 30.6 Å². The van der Waals surface area contributed by atoms with E-state index in [1.54, 1.807) is 6.92 Å². The first-order valence-electron chi connectivity index (χ1n) is 11.2. The van der Waals surface area contributed by atoms with Crippen LogP contribution in [0.2, 0.25) is 0 Å². The number of aliphatic hydroxyl groups excluding tert-OH is 5. The maximum absolute atomic E-state index is 11.7. The van der Waals surface area contributed by atoms with Crippen LogP contribution in [0.1, 0.15) is 24.4 Å². The van der Waals surface area contributed by atoms with E-state index in [-0.39, 0.29) is 30.1 Å². The fraction of sp³-hybridized carbons (Fsp3) is 0.550. The summed E-state index contributed by atoms with van der Waals surface area (Å²) in [6.07, 6.45) is -3.79. The number of nitrogens with zero attached hydrogens (tertiary/aromatic N) is 4. The number of nitrogens with one attached hydrogen (secondary N) is 2. The largest absolute Gasteiger partial charge is 0.394 e. The quantitative estimate of drug-likeness (QED) is 0.161. The molecule has 37 heavy (non-hydrogen) atoms. The topological polar surface area (TPSA) is 264 Å². The molecule has 2 aliphatic heterocycles. The first-order valence-corrected chi connectivity index (χ1v) is 11.2. The third kappa shape index (κ3) is 5.05. The maximum Gasteiger partial charge on any atom is 0.330 e. The number of ether oxygens (including phenoxy) is 2. The minimum atomic E-state index is -1.29. The van der Waals surface area contributed by atoms with Crippen molar-refractivity contribution in [3.05, 3.63) is 49.3 Å². The van der Waals surface area contributed by atoms with Gasteiger partial charge in [-0.05, 0) is 6.92 Å². The van der Waals surface area contributed by atoms with Gasteiger partial charge in [-0.2, -0.15) is 4.98 Å². The molecule has 5 heterocycles. The zero-order chi connectivity index (χ0) is 27.0. The molecule has 202 valence electrons. The molecule has 17 heteroatoms. The molecule has 2 aliphatic rings. The van der Waals surface area contributed by atoms with Gasteiger partial charge in [-0.25, -0.2) is 9.78 Å². The normalized spacial score (nSPS) is 29.4. The van der Waals surface area contributed by atoms with Crippen molar-refractivity contribution in [3.8, 4) is 0 Å². The summed E-state index contributed by atoms with van der Waals surface area (Å²) < 4.78 is 13.2. The molecule has 0 aliphatic carbocycles. The number of nitrogen functional groups attached to an aromatic ring is 1. The van der Waals surface area contributed by atoms with Crippen LogP contribution in [0.15, 0.2) is 26.9 Å². The zero-order valence-electron chi connectivity index (χ0n) is 19.5. The van der Waals surface area contributed by atoms with Crippen molar-refractivity contribution in [3.63, 3.8) is 0 Å². The number of aromatic amines is 2. The van der Waals surface area contributed by atoms with Gasteiger partial charge in [0.05, 0.1) is 25.6 Å². The number of rotatable bonds is 4. The smallest absolute Gasteiger partial charge is 0.330 e. The Bertz CT molecular complexity index is 1430.